The molecule has 0 aliphatic heterocycles. The minimum Gasteiger partial charge on any atom is -0.318 e. The molecule has 1 aromatic rings. The van der Waals surface area contributed by atoms with Crippen LogP contribution in [0, 0.1) is 5.92 Å². The van der Waals surface area contributed by atoms with Crippen LogP contribution in [-0.4, -0.2) is 27.4 Å². The van der Waals surface area contributed by atoms with Crippen molar-refractivity contribution in [1.29, 1.82) is 0 Å². The van der Waals surface area contributed by atoms with Crippen LogP contribution in [0.25, 0.3) is 0 Å². The first kappa shape index (κ1) is 11.6. The van der Waals surface area contributed by atoms with Crippen LogP contribution >= 0.6 is 0 Å². The summed E-state index contributed by atoms with van der Waals surface area (Å²) in [6.45, 7) is 6.45. The summed E-state index contributed by atoms with van der Waals surface area (Å²) in [6.07, 6.45) is 6.84. The Morgan fingerprint density at radius 2 is 2.38 bits per heavy atom. The second-order valence-electron chi connectivity index (χ2n) is 4.85. The van der Waals surface area contributed by atoms with Crippen molar-refractivity contribution in [3.05, 3.63) is 12.2 Å². The quantitative estimate of drug-likeness (QED) is 0.823. The topological polar surface area (TPSA) is 42.7 Å². The van der Waals surface area contributed by atoms with Gasteiger partial charge < -0.3 is 9.88 Å². The summed E-state index contributed by atoms with van der Waals surface area (Å²) < 4.78 is 2.11. The van der Waals surface area contributed by atoms with E-state index in [2.05, 4.69) is 33.9 Å². The van der Waals surface area contributed by atoms with E-state index in [-0.39, 0.29) is 0 Å². The Bertz CT molecular complexity index is 321. The van der Waals surface area contributed by atoms with Gasteiger partial charge in [-0.2, -0.15) is 0 Å². The molecule has 1 heterocycles. The zero-order valence-electron chi connectivity index (χ0n) is 10.3. The van der Waals surface area contributed by atoms with Crippen molar-refractivity contribution in [1.82, 2.24) is 20.1 Å². The number of hydrogen-bond donors (Lipinski definition) is 1. The van der Waals surface area contributed by atoms with E-state index in [0.29, 0.717) is 0 Å². The first-order valence-corrected chi connectivity index (χ1v) is 6.39. The van der Waals surface area contributed by atoms with Gasteiger partial charge >= 0.3 is 0 Å². The molecule has 4 heteroatoms. The molecule has 0 spiro atoms. The summed E-state index contributed by atoms with van der Waals surface area (Å²) >= 11 is 0. The summed E-state index contributed by atoms with van der Waals surface area (Å²) in [7, 11) is 0. The number of hydrogen-bond acceptors (Lipinski definition) is 3. The standard InChI is InChI=1S/C12H22N4/c1-3-16-9-14-15-12(16)6-7-13-11-5-4-10(2)8-11/h9-11,13H,3-8H2,1-2H3. The molecule has 1 aliphatic carbocycles. The van der Waals surface area contributed by atoms with Crippen molar-refractivity contribution in [2.24, 2.45) is 5.92 Å². The fourth-order valence-corrected chi connectivity index (χ4v) is 2.52. The molecule has 2 atom stereocenters. The lowest BCUT2D eigenvalue weighted by atomic mass is 10.1. The molecular weight excluding hydrogens is 200 g/mol. The lowest BCUT2D eigenvalue weighted by Gasteiger charge is -2.11. The summed E-state index contributed by atoms with van der Waals surface area (Å²) in [5.41, 5.74) is 0. The molecule has 0 saturated heterocycles. The Morgan fingerprint density at radius 3 is 3.06 bits per heavy atom. The highest BCUT2D eigenvalue weighted by Crippen LogP contribution is 2.24. The van der Waals surface area contributed by atoms with Crippen LogP contribution in [0.4, 0.5) is 0 Å². The van der Waals surface area contributed by atoms with Crippen LogP contribution in [0.3, 0.4) is 0 Å². The van der Waals surface area contributed by atoms with Crippen LogP contribution in [0.2, 0.25) is 0 Å². The fourth-order valence-electron chi connectivity index (χ4n) is 2.52. The maximum Gasteiger partial charge on any atom is 0.134 e. The highest BCUT2D eigenvalue weighted by Gasteiger charge is 2.20. The summed E-state index contributed by atoms with van der Waals surface area (Å²) in [5, 5.41) is 11.7. The molecule has 16 heavy (non-hydrogen) atoms. The van der Waals surface area contributed by atoms with Gasteiger partial charge in [0.1, 0.15) is 12.2 Å². The van der Waals surface area contributed by atoms with Crippen molar-refractivity contribution in [3.63, 3.8) is 0 Å². The molecule has 2 rings (SSSR count). The molecule has 1 saturated carbocycles. The molecule has 90 valence electrons. The Morgan fingerprint density at radius 1 is 1.50 bits per heavy atom. The molecule has 1 fully saturated rings. The van der Waals surface area contributed by atoms with Crippen LogP contribution in [0.15, 0.2) is 6.33 Å². The van der Waals surface area contributed by atoms with Gasteiger partial charge in [-0.25, -0.2) is 0 Å². The lowest BCUT2D eigenvalue weighted by Crippen LogP contribution is -2.29. The largest absolute Gasteiger partial charge is 0.318 e. The zero-order valence-corrected chi connectivity index (χ0v) is 10.3. The summed E-state index contributed by atoms with van der Waals surface area (Å²) in [4.78, 5) is 0. The van der Waals surface area contributed by atoms with Gasteiger partial charge in [-0.15, -0.1) is 10.2 Å². The number of aryl methyl sites for hydroxylation is 1. The molecule has 0 amide bonds. The molecule has 0 aromatic carbocycles. The van der Waals surface area contributed by atoms with Gasteiger partial charge in [-0.1, -0.05) is 6.92 Å². The van der Waals surface area contributed by atoms with Crippen LogP contribution in [0.5, 0.6) is 0 Å². The van der Waals surface area contributed by atoms with E-state index in [0.717, 1.165) is 37.3 Å². The summed E-state index contributed by atoms with van der Waals surface area (Å²) in [5.74, 6) is 2.00. The van der Waals surface area contributed by atoms with Crippen LogP contribution < -0.4 is 5.32 Å². The third-order valence-electron chi connectivity index (χ3n) is 3.51. The first-order chi connectivity index (χ1) is 7.79. The number of nitrogens with zero attached hydrogens (tertiary/aromatic N) is 3. The van der Waals surface area contributed by atoms with Gasteiger partial charge in [0.2, 0.25) is 0 Å². The summed E-state index contributed by atoms with van der Waals surface area (Å²) in [6, 6.07) is 0.730. The fraction of sp³-hybridized carbons (Fsp3) is 0.833. The average Bonchev–Trinajstić information content (AvgIpc) is 2.87. The van der Waals surface area contributed by atoms with Gasteiger partial charge in [0.05, 0.1) is 0 Å². The highest BCUT2D eigenvalue weighted by atomic mass is 15.3. The lowest BCUT2D eigenvalue weighted by molar-refractivity contribution is 0.499. The maximum absolute atomic E-state index is 4.14. The van der Waals surface area contributed by atoms with E-state index in [1.54, 1.807) is 0 Å². The normalized spacial score (nSPS) is 25.1. The van der Waals surface area contributed by atoms with Gasteiger partial charge in [0, 0.05) is 25.6 Å². The van der Waals surface area contributed by atoms with Crippen LogP contribution in [-0.2, 0) is 13.0 Å². The number of nitrogens with one attached hydrogen (secondary N) is 1. The molecular formula is C12H22N4. The van der Waals surface area contributed by atoms with Crippen molar-refractivity contribution >= 4 is 0 Å². The van der Waals surface area contributed by atoms with E-state index in [1.165, 1.54) is 19.3 Å². The van der Waals surface area contributed by atoms with Gasteiger partial charge in [-0.3, -0.25) is 0 Å². The van der Waals surface area contributed by atoms with E-state index in [4.69, 9.17) is 0 Å². The Kier molecular flexibility index (Phi) is 3.93. The second kappa shape index (κ2) is 5.43. The minimum absolute atomic E-state index is 0.730. The minimum atomic E-state index is 0.730. The van der Waals surface area contributed by atoms with E-state index in [9.17, 15) is 0 Å². The van der Waals surface area contributed by atoms with Crippen LogP contribution in [0.1, 0.15) is 38.9 Å². The van der Waals surface area contributed by atoms with Gasteiger partial charge in [-0.05, 0) is 32.1 Å². The maximum atomic E-state index is 4.14. The van der Waals surface area contributed by atoms with Gasteiger partial charge in [0.15, 0.2) is 0 Å². The Balaban J connectivity index is 1.72. The zero-order chi connectivity index (χ0) is 11.4. The van der Waals surface area contributed by atoms with E-state index >= 15 is 0 Å². The van der Waals surface area contributed by atoms with E-state index in [1.807, 2.05) is 6.33 Å². The SMILES string of the molecule is CCn1cnnc1CCNC1CCC(C)C1. The van der Waals surface area contributed by atoms with E-state index < -0.39 is 0 Å². The molecule has 4 nitrogen and oxygen atoms in total. The first-order valence-electron chi connectivity index (χ1n) is 6.39. The second-order valence-corrected chi connectivity index (χ2v) is 4.85. The molecule has 0 radical (unpaired) electrons. The number of rotatable bonds is 5. The van der Waals surface area contributed by atoms with Crippen molar-refractivity contribution in [2.75, 3.05) is 6.54 Å². The third kappa shape index (κ3) is 2.82. The Labute approximate surface area is 97.5 Å². The molecule has 1 aliphatic rings. The average molecular weight is 222 g/mol. The Hall–Kier alpha value is -0.900. The predicted octanol–water partition coefficient (Wildman–Crippen LogP) is 1.62. The highest BCUT2D eigenvalue weighted by molar-refractivity contribution is 4.87. The smallest absolute Gasteiger partial charge is 0.134 e. The predicted molar refractivity (Wildman–Crippen MR) is 64.2 cm³/mol. The molecule has 0 bridgehead atoms. The number of aromatic nitrogens is 3. The third-order valence-corrected chi connectivity index (χ3v) is 3.51. The van der Waals surface area contributed by atoms with Crippen molar-refractivity contribution in [2.45, 2.75) is 52.1 Å². The van der Waals surface area contributed by atoms with Crippen molar-refractivity contribution in [3.8, 4) is 0 Å². The molecule has 1 N–H and O–H groups in total. The monoisotopic (exact) mass is 222 g/mol. The van der Waals surface area contributed by atoms with Gasteiger partial charge in [0.25, 0.3) is 0 Å². The van der Waals surface area contributed by atoms with Crippen molar-refractivity contribution < 1.29 is 0 Å². The molecule has 2 unspecified atom stereocenters. The molecule has 1 aromatic heterocycles.